The highest BCUT2D eigenvalue weighted by Gasteiger charge is 2.33. The van der Waals surface area contributed by atoms with Crippen molar-refractivity contribution in [3.8, 4) is 0 Å². The Morgan fingerprint density at radius 2 is 2.27 bits per heavy atom. The normalized spacial score (nSPS) is 38.4. The first kappa shape index (κ1) is 11.3. The van der Waals surface area contributed by atoms with E-state index < -0.39 is 6.17 Å². The Morgan fingerprint density at radius 1 is 1.40 bits per heavy atom. The van der Waals surface area contributed by atoms with Crippen LogP contribution in [0.5, 0.6) is 0 Å². The van der Waals surface area contributed by atoms with Gasteiger partial charge >= 0.3 is 0 Å². The molecule has 15 heavy (non-hydrogen) atoms. The molecule has 0 radical (unpaired) electrons. The summed E-state index contributed by atoms with van der Waals surface area (Å²) in [5.74, 6) is 0. The third kappa shape index (κ3) is 2.66. The van der Waals surface area contributed by atoms with E-state index in [9.17, 15) is 4.39 Å². The number of alkyl halides is 1. The molecule has 0 saturated carbocycles. The summed E-state index contributed by atoms with van der Waals surface area (Å²) in [5, 5.41) is 0. The van der Waals surface area contributed by atoms with Gasteiger partial charge in [0.05, 0.1) is 12.6 Å². The molecule has 0 aliphatic carbocycles. The van der Waals surface area contributed by atoms with Crippen molar-refractivity contribution in [3.05, 3.63) is 0 Å². The fraction of sp³-hybridized carbons (Fsp3) is 1.00. The van der Waals surface area contributed by atoms with Crippen LogP contribution in [0, 0.1) is 0 Å². The zero-order chi connectivity index (χ0) is 10.7. The number of hydrogen-bond acceptors (Lipinski definition) is 4. The van der Waals surface area contributed by atoms with Gasteiger partial charge in [0, 0.05) is 25.7 Å². The second-order valence-corrected chi connectivity index (χ2v) is 4.32. The molecule has 4 nitrogen and oxygen atoms in total. The van der Waals surface area contributed by atoms with E-state index in [1.54, 1.807) is 7.05 Å². The van der Waals surface area contributed by atoms with Gasteiger partial charge in [-0.1, -0.05) is 0 Å². The fourth-order valence-electron chi connectivity index (χ4n) is 2.42. The molecule has 0 aromatic carbocycles. The van der Waals surface area contributed by atoms with E-state index in [4.69, 9.17) is 4.74 Å². The van der Waals surface area contributed by atoms with Crippen molar-refractivity contribution in [1.82, 2.24) is 15.8 Å². The topological polar surface area (TPSA) is 36.5 Å². The minimum Gasteiger partial charge on any atom is -0.380 e. The van der Waals surface area contributed by atoms with Gasteiger partial charge in [-0.25, -0.2) is 4.39 Å². The van der Waals surface area contributed by atoms with Gasteiger partial charge in [0.1, 0.15) is 6.17 Å². The molecular formula is C10H20FN3O. The summed E-state index contributed by atoms with van der Waals surface area (Å²) in [5.41, 5.74) is 5.78. The molecule has 0 aromatic rings. The van der Waals surface area contributed by atoms with Crippen molar-refractivity contribution >= 4 is 0 Å². The van der Waals surface area contributed by atoms with Crippen molar-refractivity contribution in [2.24, 2.45) is 0 Å². The standard InChI is InChI=1S/C10H20FN3O/c1-12-13-10-2-4-14(6-9(10)11)8-3-5-15-7-8/h8-10,12-13H,2-7H2,1H3/t8?,9-,10?/m0/s1. The number of rotatable bonds is 3. The molecule has 2 aliphatic rings. The molecule has 0 bridgehead atoms. The smallest absolute Gasteiger partial charge is 0.129 e. The third-order valence-electron chi connectivity index (χ3n) is 3.32. The van der Waals surface area contributed by atoms with Crippen molar-refractivity contribution in [2.45, 2.75) is 31.1 Å². The van der Waals surface area contributed by atoms with Gasteiger partial charge in [-0.2, -0.15) is 0 Å². The third-order valence-corrected chi connectivity index (χ3v) is 3.32. The van der Waals surface area contributed by atoms with E-state index in [-0.39, 0.29) is 6.04 Å². The van der Waals surface area contributed by atoms with E-state index in [0.717, 1.165) is 32.6 Å². The van der Waals surface area contributed by atoms with Gasteiger partial charge in [0.25, 0.3) is 0 Å². The zero-order valence-corrected chi connectivity index (χ0v) is 9.21. The van der Waals surface area contributed by atoms with Crippen LogP contribution in [-0.2, 0) is 4.74 Å². The summed E-state index contributed by atoms with van der Waals surface area (Å²) >= 11 is 0. The van der Waals surface area contributed by atoms with Crippen molar-refractivity contribution < 1.29 is 9.13 Å². The Kier molecular flexibility index (Phi) is 3.91. The highest BCUT2D eigenvalue weighted by Crippen LogP contribution is 2.20. The molecule has 5 heteroatoms. The molecular weight excluding hydrogens is 197 g/mol. The van der Waals surface area contributed by atoms with Crippen molar-refractivity contribution in [3.63, 3.8) is 0 Å². The van der Waals surface area contributed by atoms with Gasteiger partial charge in [-0.05, 0) is 19.9 Å². The molecule has 0 amide bonds. The second kappa shape index (κ2) is 5.21. The Labute approximate surface area is 90.1 Å². The lowest BCUT2D eigenvalue weighted by Gasteiger charge is -2.37. The Balaban J connectivity index is 1.81. The summed E-state index contributed by atoms with van der Waals surface area (Å²) in [4.78, 5) is 2.23. The van der Waals surface area contributed by atoms with Crippen LogP contribution >= 0.6 is 0 Å². The number of halogens is 1. The maximum absolute atomic E-state index is 13.8. The molecule has 2 aliphatic heterocycles. The van der Waals surface area contributed by atoms with Crippen LogP contribution in [0.15, 0.2) is 0 Å². The number of hydrogen-bond donors (Lipinski definition) is 2. The molecule has 0 spiro atoms. The molecule has 2 fully saturated rings. The minimum absolute atomic E-state index is 0.0476. The molecule has 2 heterocycles. The average molecular weight is 217 g/mol. The minimum atomic E-state index is -0.785. The second-order valence-electron chi connectivity index (χ2n) is 4.32. The van der Waals surface area contributed by atoms with E-state index >= 15 is 0 Å². The number of nitrogens with zero attached hydrogens (tertiary/aromatic N) is 1. The van der Waals surface area contributed by atoms with Gasteiger partial charge in [0.15, 0.2) is 0 Å². The first-order valence-corrected chi connectivity index (χ1v) is 5.69. The van der Waals surface area contributed by atoms with Crippen molar-refractivity contribution in [2.75, 3.05) is 33.4 Å². The molecule has 88 valence electrons. The lowest BCUT2D eigenvalue weighted by molar-refractivity contribution is 0.0610. The lowest BCUT2D eigenvalue weighted by atomic mass is 10.0. The molecule has 2 rings (SSSR count). The van der Waals surface area contributed by atoms with Crippen LogP contribution in [0.3, 0.4) is 0 Å². The van der Waals surface area contributed by atoms with Crippen LogP contribution < -0.4 is 10.9 Å². The summed E-state index contributed by atoms with van der Waals surface area (Å²) < 4.78 is 19.1. The summed E-state index contributed by atoms with van der Waals surface area (Å²) in [6.07, 6.45) is 1.13. The van der Waals surface area contributed by atoms with Crippen LogP contribution in [0.4, 0.5) is 4.39 Å². The average Bonchev–Trinajstić information content (AvgIpc) is 2.74. The number of nitrogens with one attached hydrogen (secondary N) is 2. The first-order valence-electron chi connectivity index (χ1n) is 5.69. The molecule has 2 saturated heterocycles. The maximum atomic E-state index is 13.8. The first-order chi connectivity index (χ1) is 7.31. The fourth-order valence-corrected chi connectivity index (χ4v) is 2.42. The van der Waals surface area contributed by atoms with Crippen LogP contribution in [0.25, 0.3) is 0 Å². The number of piperidine rings is 1. The SMILES string of the molecule is CNNC1CCN(C2CCOC2)C[C@@H]1F. The van der Waals surface area contributed by atoms with Crippen LogP contribution in [0.1, 0.15) is 12.8 Å². The highest BCUT2D eigenvalue weighted by molar-refractivity contribution is 4.88. The number of likely N-dealkylation sites (tertiary alicyclic amines) is 1. The van der Waals surface area contributed by atoms with E-state index in [1.807, 2.05) is 0 Å². The Bertz CT molecular complexity index is 199. The van der Waals surface area contributed by atoms with E-state index in [0.29, 0.717) is 12.6 Å². The summed E-state index contributed by atoms with van der Waals surface area (Å²) in [7, 11) is 1.78. The summed E-state index contributed by atoms with van der Waals surface area (Å²) in [6.45, 7) is 3.11. The molecule has 0 aromatic heterocycles. The number of hydrazine groups is 1. The molecule has 2 N–H and O–H groups in total. The van der Waals surface area contributed by atoms with E-state index in [1.165, 1.54) is 0 Å². The van der Waals surface area contributed by atoms with Crippen molar-refractivity contribution in [1.29, 1.82) is 0 Å². The number of ether oxygens (including phenoxy) is 1. The van der Waals surface area contributed by atoms with Crippen LogP contribution in [0.2, 0.25) is 0 Å². The Hall–Kier alpha value is -0.230. The largest absolute Gasteiger partial charge is 0.380 e. The Morgan fingerprint density at radius 3 is 2.87 bits per heavy atom. The van der Waals surface area contributed by atoms with Gasteiger partial charge in [-0.3, -0.25) is 15.8 Å². The molecule has 3 atom stereocenters. The monoisotopic (exact) mass is 217 g/mol. The molecule has 2 unspecified atom stereocenters. The highest BCUT2D eigenvalue weighted by atomic mass is 19.1. The quantitative estimate of drug-likeness (QED) is 0.648. The van der Waals surface area contributed by atoms with E-state index in [2.05, 4.69) is 15.8 Å². The van der Waals surface area contributed by atoms with Gasteiger partial charge in [0.2, 0.25) is 0 Å². The predicted octanol–water partition coefficient (Wildman–Crippen LogP) is -0.0883. The zero-order valence-electron chi connectivity index (χ0n) is 9.21. The predicted molar refractivity (Wildman–Crippen MR) is 56.3 cm³/mol. The van der Waals surface area contributed by atoms with Gasteiger partial charge < -0.3 is 4.74 Å². The maximum Gasteiger partial charge on any atom is 0.129 e. The van der Waals surface area contributed by atoms with Gasteiger partial charge in [-0.15, -0.1) is 0 Å². The summed E-state index contributed by atoms with van der Waals surface area (Å²) in [6, 6.07) is 0.396. The van der Waals surface area contributed by atoms with Crippen LogP contribution in [-0.4, -0.2) is 56.5 Å². The lowest BCUT2D eigenvalue weighted by Crippen LogP contribution is -2.56.